The Morgan fingerprint density at radius 1 is 1.32 bits per heavy atom. The van der Waals surface area contributed by atoms with Crippen molar-refractivity contribution >= 4 is 11.2 Å². The Bertz CT molecular complexity index is 860. The van der Waals surface area contributed by atoms with Crippen LogP contribution in [0.25, 0.3) is 11.2 Å². The van der Waals surface area contributed by atoms with Gasteiger partial charge in [-0.2, -0.15) is 0 Å². The highest BCUT2D eigenvalue weighted by atomic mass is 19.1. The molecule has 3 heterocycles. The number of rotatable bonds is 3. The lowest BCUT2D eigenvalue weighted by molar-refractivity contribution is 0.227. The van der Waals surface area contributed by atoms with Crippen LogP contribution in [-0.4, -0.2) is 26.1 Å². The summed E-state index contributed by atoms with van der Waals surface area (Å²) in [7, 11) is 0. The van der Waals surface area contributed by atoms with Crippen molar-refractivity contribution in [3.05, 3.63) is 54.2 Å². The van der Waals surface area contributed by atoms with E-state index in [9.17, 15) is 8.78 Å². The molecule has 0 aliphatic carbocycles. The first-order valence-corrected chi connectivity index (χ1v) is 6.84. The van der Waals surface area contributed by atoms with Gasteiger partial charge in [0.15, 0.2) is 5.65 Å². The van der Waals surface area contributed by atoms with Gasteiger partial charge in [-0.3, -0.25) is 0 Å². The summed E-state index contributed by atoms with van der Waals surface area (Å²) >= 11 is 0. The zero-order valence-corrected chi connectivity index (χ0v) is 11.7. The largest absolute Gasteiger partial charge is 0.362 e. The third-order valence-corrected chi connectivity index (χ3v) is 4.17. The summed E-state index contributed by atoms with van der Waals surface area (Å²) in [5.41, 5.74) is 0.832. The molecule has 112 valence electrons. The van der Waals surface area contributed by atoms with Crippen molar-refractivity contribution in [3.8, 4) is 0 Å². The maximum atomic E-state index is 14.1. The van der Waals surface area contributed by atoms with E-state index < -0.39 is 17.2 Å². The second kappa shape index (κ2) is 4.54. The minimum atomic E-state index is -0.823. The normalized spacial score (nSPS) is 22.0. The highest BCUT2D eigenvalue weighted by Gasteiger charge is 2.54. The number of ether oxygens (including phenoxy) is 1. The third kappa shape index (κ3) is 1.82. The van der Waals surface area contributed by atoms with E-state index in [-0.39, 0.29) is 6.04 Å². The summed E-state index contributed by atoms with van der Waals surface area (Å²) in [6.07, 6.45) is 4.69. The average Bonchev–Trinajstić information content (AvgIpc) is 3.19. The maximum Gasteiger partial charge on any atom is 0.163 e. The van der Waals surface area contributed by atoms with Crippen LogP contribution >= 0.6 is 0 Å². The molecule has 22 heavy (non-hydrogen) atoms. The molecular weight excluding hydrogens is 290 g/mol. The molecule has 0 radical (unpaired) electrons. The summed E-state index contributed by atoms with van der Waals surface area (Å²) in [6, 6.07) is 3.30. The number of nitrogens with zero attached hydrogens (tertiary/aromatic N) is 4. The predicted octanol–water partition coefficient (Wildman–Crippen LogP) is 2.59. The van der Waals surface area contributed by atoms with Gasteiger partial charge in [-0.05, 0) is 13.0 Å². The lowest BCUT2D eigenvalue weighted by Gasteiger charge is -2.22. The van der Waals surface area contributed by atoms with Crippen LogP contribution in [0, 0.1) is 11.6 Å². The van der Waals surface area contributed by atoms with E-state index in [1.807, 2.05) is 11.5 Å². The molecule has 1 fully saturated rings. The minimum Gasteiger partial charge on any atom is -0.362 e. The lowest BCUT2D eigenvalue weighted by atomic mass is 9.92. The molecule has 0 amide bonds. The van der Waals surface area contributed by atoms with E-state index in [1.54, 1.807) is 12.5 Å². The SMILES string of the molecule is C[C@@H](n1cnc2cncnc21)[C@@]1(c2ccc(F)cc2F)CO1. The van der Waals surface area contributed by atoms with Gasteiger partial charge in [0, 0.05) is 11.6 Å². The van der Waals surface area contributed by atoms with Crippen molar-refractivity contribution in [3.63, 3.8) is 0 Å². The van der Waals surface area contributed by atoms with Crippen molar-refractivity contribution in [1.29, 1.82) is 0 Å². The molecule has 1 aromatic carbocycles. The van der Waals surface area contributed by atoms with Gasteiger partial charge in [-0.1, -0.05) is 6.07 Å². The molecular formula is C15H12F2N4O. The average molecular weight is 302 g/mol. The molecule has 7 heteroatoms. The molecule has 1 aliphatic rings. The highest BCUT2D eigenvalue weighted by Crippen LogP contribution is 2.49. The molecule has 0 saturated carbocycles. The van der Waals surface area contributed by atoms with Crippen LogP contribution in [0.3, 0.4) is 0 Å². The molecule has 0 bridgehead atoms. The van der Waals surface area contributed by atoms with Gasteiger partial charge in [0.2, 0.25) is 0 Å². The molecule has 4 rings (SSSR count). The Kier molecular flexibility index (Phi) is 2.74. The summed E-state index contributed by atoms with van der Waals surface area (Å²) < 4.78 is 34.7. The molecule has 5 nitrogen and oxygen atoms in total. The van der Waals surface area contributed by atoms with E-state index in [0.29, 0.717) is 23.3 Å². The molecule has 2 aromatic heterocycles. The fourth-order valence-corrected chi connectivity index (χ4v) is 2.83. The number of imidazole rings is 1. The first-order chi connectivity index (χ1) is 10.6. The van der Waals surface area contributed by atoms with Crippen LogP contribution in [0.4, 0.5) is 8.78 Å². The van der Waals surface area contributed by atoms with Gasteiger partial charge in [-0.25, -0.2) is 23.7 Å². The fourth-order valence-electron chi connectivity index (χ4n) is 2.83. The molecule has 3 aromatic rings. The van der Waals surface area contributed by atoms with Crippen LogP contribution in [0.2, 0.25) is 0 Å². The third-order valence-electron chi connectivity index (χ3n) is 4.17. The van der Waals surface area contributed by atoms with E-state index in [0.717, 1.165) is 6.07 Å². The van der Waals surface area contributed by atoms with E-state index in [2.05, 4.69) is 15.0 Å². The molecule has 0 N–H and O–H groups in total. The molecule has 1 saturated heterocycles. The van der Waals surface area contributed by atoms with Gasteiger partial charge >= 0.3 is 0 Å². The zero-order chi connectivity index (χ0) is 15.3. The van der Waals surface area contributed by atoms with Crippen LogP contribution in [0.5, 0.6) is 0 Å². The van der Waals surface area contributed by atoms with Crippen molar-refractivity contribution < 1.29 is 13.5 Å². The van der Waals surface area contributed by atoms with Crippen LogP contribution in [-0.2, 0) is 10.3 Å². The summed E-state index contributed by atoms with van der Waals surface area (Å²) in [6.45, 7) is 2.26. The van der Waals surface area contributed by atoms with Gasteiger partial charge in [0.1, 0.15) is 29.1 Å². The number of benzene rings is 1. The Morgan fingerprint density at radius 3 is 2.86 bits per heavy atom. The van der Waals surface area contributed by atoms with Crippen LogP contribution in [0.1, 0.15) is 18.5 Å². The minimum absolute atomic E-state index is 0.243. The molecule has 0 spiro atoms. The number of fused-ring (bicyclic) bond motifs is 1. The zero-order valence-electron chi connectivity index (χ0n) is 11.7. The Balaban J connectivity index is 1.80. The maximum absolute atomic E-state index is 14.1. The highest BCUT2D eigenvalue weighted by molar-refractivity contribution is 5.69. The van der Waals surface area contributed by atoms with Crippen molar-refractivity contribution in [2.24, 2.45) is 0 Å². The summed E-state index contributed by atoms with van der Waals surface area (Å²) in [4.78, 5) is 12.4. The molecule has 1 aliphatic heterocycles. The Labute approximate surface area is 124 Å². The second-order valence-corrected chi connectivity index (χ2v) is 5.36. The first-order valence-electron chi connectivity index (χ1n) is 6.84. The van der Waals surface area contributed by atoms with E-state index in [1.165, 1.54) is 18.5 Å². The molecule has 0 unspecified atom stereocenters. The fraction of sp³-hybridized carbons (Fsp3) is 0.267. The van der Waals surface area contributed by atoms with Crippen molar-refractivity contribution in [1.82, 2.24) is 19.5 Å². The quantitative estimate of drug-likeness (QED) is 0.698. The van der Waals surface area contributed by atoms with Gasteiger partial charge in [0.05, 0.1) is 25.2 Å². The number of halogens is 2. The summed E-state index contributed by atoms with van der Waals surface area (Å²) in [5, 5.41) is 0. The van der Waals surface area contributed by atoms with Gasteiger partial charge < -0.3 is 9.30 Å². The Morgan fingerprint density at radius 2 is 2.14 bits per heavy atom. The number of aromatic nitrogens is 4. The van der Waals surface area contributed by atoms with Crippen LogP contribution in [0.15, 0.2) is 37.1 Å². The smallest absolute Gasteiger partial charge is 0.163 e. The number of hydrogen-bond acceptors (Lipinski definition) is 4. The predicted molar refractivity (Wildman–Crippen MR) is 74.0 cm³/mol. The first kappa shape index (κ1) is 13.3. The van der Waals surface area contributed by atoms with Crippen molar-refractivity contribution in [2.45, 2.75) is 18.6 Å². The Hall–Kier alpha value is -2.41. The standard InChI is InChI=1S/C15H12F2N4O/c1-9(21-8-20-13-5-18-7-19-14(13)21)15(6-22-15)11-3-2-10(16)4-12(11)17/h2-5,7-9H,6H2,1H3/t9-,15-/m1/s1. The van der Waals surface area contributed by atoms with Crippen molar-refractivity contribution in [2.75, 3.05) is 6.61 Å². The number of epoxide rings is 1. The summed E-state index contributed by atoms with van der Waals surface area (Å²) in [5.74, 6) is -1.21. The van der Waals surface area contributed by atoms with Crippen LogP contribution < -0.4 is 0 Å². The van der Waals surface area contributed by atoms with Gasteiger partial charge in [-0.15, -0.1) is 0 Å². The lowest BCUT2D eigenvalue weighted by Crippen LogP contribution is -2.24. The second-order valence-electron chi connectivity index (χ2n) is 5.36. The van der Waals surface area contributed by atoms with E-state index >= 15 is 0 Å². The molecule has 2 atom stereocenters. The monoisotopic (exact) mass is 302 g/mol. The van der Waals surface area contributed by atoms with E-state index in [4.69, 9.17) is 4.74 Å². The topological polar surface area (TPSA) is 56.1 Å². The number of hydrogen-bond donors (Lipinski definition) is 0. The van der Waals surface area contributed by atoms with Gasteiger partial charge in [0.25, 0.3) is 0 Å².